The van der Waals surface area contributed by atoms with Gasteiger partial charge in [0.25, 0.3) is 6.47 Å². The van der Waals surface area contributed by atoms with Crippen molar-refractivity contribution in [3.63, 3.8) is 0 Å². The average Bonchev–Trinajstić information content (AvgIpc) is 2.97. The Hall–Kier alpha value is -1.12. The minimum atomic E-state index is -5.10. The van der Waals surface area contributed by atoms with Gasteiger partial charge in [0.05, 0.1) is 6.61 Å². The van der Waals surface area contributed by atoms with Crippen molar-refractivity contribution in [3.8, 4) is 0 Å². The maximum atomic E-state index is 11.4. The molecule has 2 rings (SSSR count). The number of hydrogen-bond acceptors (Lipinski definition) is 11. The van der Waals surface area contributed by atoms with Crippen molar-refractivity contribution in [1.29, 1.82) is 0 Å². The standard InChI is InChI=1S/C12H22N4O7P2S.C2H6O.CH2O2/c1-8-11(3-4-22-25(20,21)23-24(17,18)19)26-7-16(8)6-10-5-14-9(2)15-12(10)13;1-2-3;2-1-3/h5,8,11H,3-4,6-7H2,1-2H3,(H,20,21)(H2,13,14,15)(H2,17,18,19);3H,2H2,1H3;1H,(H,2,3)/t8?,11-;;/m0../s1. The minimum Gasteiger partial charge on any atom is -0.483 e. The van der Waals surface area contributed by atoms with Gasteiger partial charge in [-0.3, -0.25) is 14.2 Å². The number of phosphoric ester groups is 1. The lowest BCUT2D eigenvalue weighted by molar-refractivity contribution is -0.122. The summed E-state index contributed by atoms with van der Waals surface area (Å²) in [5.74, 6) is 1.78. The Kier molecular flexibility index (Phi) is 14.4. The van der Waals surface area contributed by atoms with E-state index in [4.69, 9.17) is 30.5 Å². The molecule has 0 spiro atoms. The van der Waals surface area contributed by atoms with E-state index in [0.29, 0.717) is 24.6 Å². The molecular weight excluding hydrogens is 490 g/mol. The number of thioether (sulfide) groups is 1. The molecule has 1 fully saturated rings. The highest BCUT2D eigenvalue weighted by Crippen LogP contribution is 2.57. The van der Waals surface area contributed by atoms with Gasteiger partial charge in [-0.25, -0.2) is 19.1 Å². The molecule has 1 aromatic rings. The molecule has 0 bridgehead atoms. The van der Waals surface area contributed by atoms with Crippen LogP contribution in [0.4, 0.5) is 5.82 Å². The Morgan fingerprint density at radius 2 is 1.94 bits per heavy atom. The normalized spacial score (nSPS) is 20.3. The molecule has 0 saturated carbocycles. The Morgan fingerprint density at radius 1 is 1.38 bits per heavy atom. The highest BCUT2D eigenvalue weighted by Gasteiger charge is 2.35. The highest BCUT2D eigenvalue weighted by atomic mass is 32.2. The van der Waals surface area contributed by atoms with Crippen molar-refractivity contribution >= 4 is 39.7 Å². The fourth-order valence-electron chi connectivity index (χ4n) is 2.49. The van der Waals surface area contributed by atoms with Crippen LogP contribution in [0.3, 0.4) is 0 Å². The number of phosphoric acid groups is 2. The van der Waals surface area contributed by atoms with Gasteiger partial charge >= 0.3 is 15.6 Å². The molecule has 0 radical (unpaired) electrons. The number of nitrogens with zero attached hydrogens (tertiary/aromatic N) is 3. The Balaban J connectivity index is 0.00000144. The molecule has 2 heterocycles. The van der Waals surface area contributed by atoms with E-state index in [0.717, 1.165) is 11.4 Å². The number of nitrogen functional groups attached to an aromatic ring is 1. The number of aromatic nitrogens is 2. The molecule has 2 unspecified atom stereocenters. The number of nitrogens with two attached hydrogens (primary N) is 1. The summed E-state index contributed by atoms with van der Waals surface area (Å²) in [5, 5.41) is 14.6. The predicted octanol–water partition coefficient (Wildman–Crippen LogP) is 0.946. The third-order valence-corrected chi connectivity index (χ3v) is 7.55. The number of carboxylic acid groups (broad SMARTS) is 1. The van der Waals surface area contributed by atoms with E-state index in [1.807, 2.05) is 6.92 Å². The van der Waals surface area contributed by atoms with Crippen molar-refractivity contribution < 1.29 is 47.7 Å². The van der Waals surface area contributed by atoms with E-state index in [9.17, 15) is 14.0 Å². The van der Waals surface area contributed by atoms with Crippen molar-refractivity contribution in [1.82, 2.24) is 14.9 Å². The first-order valence-corrected chi connectivity index (χ1v) is 13.2. The minimum absolute atomic E-state index is 0.109. The molecule has 1 aliphatic heterocycles. The fourth-order valence-corrected chi connectivity index (χ4v) is 5.52. The van der Waals surface area contributed by atoms with Gasteiger partial charge in [0.2, 0.25) is 0 Å². The molecule has 0 aliphatic carbocycles. The molecule has 186 valence electrons. The molecule has 17 heteroatoms. The van der Waals surface area contributed by atoms with Crippen LogP contribution in [0.2, 0.25) is 0 Å². The Bertz CT molecular complexity index is 799. The number of rotatable bonds is 8. The van der Waals surface area contributed by atoms with Gasteiger partial charge in [-0.1, -0.05) is 0 Å². The quantitative estimate of drug-likeness (QED) is 0.207. The summed E-state index contributed by atoms with van der Waals surface area (Å²) in [6.07, 6.45) is 2.12. The molecule has 14 nitrogen and oxygen atoms in total. The average molecular weight is 520 g/mol. The zero-order chi connectivity index (χ0) is 24.9. The van der Waals surface area contributed by atoms with Crippen LogP contribution in [0.1, 0.15) is 31.7 Å². The van der Waals surface area contributed by atoms with Gasteiger partial charge in [-0.2, -0.15) is 4.31 Å². The lowest BCUT2D eigenvalue weighted by Gasteiger charge is -2.24. The third kappa shape index (κ3) is 12.8. The van der Waals surface area contributed by atoms with Crippen molar-refractivity contribution in [2.45, 2.75) is 45.0 Å². The van der Waals surface area contributed by atoms with E-state index in [1.165, 1.54) is 0 Å². The second kappa shape index (κ2) is 14.9. The largest absolute Gasteiger partial charge is 0.483 e. The summed E-state index contributed by atoms with van der Waals surface area (Å²) in [5.41, 5.74) is 6.75. The van der Waals surface area contributed by atoms with Crippen molar-refractivity contribution in [2.24, 2.45) is 0 Å². The summed E-state index contributed by atoms with van der Waals surface area (Å²) < 4.78 is 30.4. The van der Waals surface area contributed by atoms with Gasteiger partial charge in [0.15, 0.2) is 0 Å². The van der Waals surface area contributed by atoms with Crippen LogP contribution >= 0.6 is 27.4 Å². The second-order valence-electron chi connectivity index (χ2n) is 6.23. The summed E-state index contributed by atoms with van der Waals surface area (Å²) in [7, 11) is -9.89. The van der Waals surface area contributed by atoms with Gasteiger partial charge in [-0.15, -0.1) is 11.8 Å². The topological polar surface area (TPSA) is 226 Å². The lowest BCUT2D eigenvalue weighted by atomic mass is 10.1. The maximum Gasteiger partial charge on any atom is 0.481 e. The van der Waals surface area contributed by atoms with E-state index in [1.54, 1.807) is 31.8 Å². The number of anilines is 1. The third-order valence-electron chi connectivity index (χ3n) is 3.83. The first-order chi connectivity index (χ1) is 14.8. The maximum absolute atomic E-state index is 11.4. The van der Waals surface area contributed by atoms with E-state index in [2.05, 4.69) is 23.7 Å². The molecule has 1 aromatic heterocycles. The molecule has 3 atom stereocenters. The van der Waals surface area contributed by atoms with Crippen molar-refractivity contribution in [3.05, 3.63) is 17.6 Å². The molecule has 7 N–H and O–H groups in total. The number of aryl methyl sites for hydroxylation is 1. The van der Waals surface area contributed by atoms with E-state index < -0.39 is 15.6 Å². The summed E-state index contributed by atoms with van der Waals surface area (Å²) in [4.78, 5) is 45.2. The first kappa shape index (κ1) is 30.9. The van der Waals surface area contributed by atoms with Crippen LogP contribution in [-0.2, 0) is 29.3 Å². The number of aliphatic hydroxyl groups is 1. The summed E-state index contributed by atoms with van der Waals surface area (Å²) in [6, 6.07) is 0.130. The Labute approximate surface area is 190 Å². The van der Waals surface area contributed by atoms with Crippen LogP contribution in [0.15, 0.2) is 6.20 Å². The Morgan fingerprint density at radius 3 is 2.44 bits per heavy atom. The van der Waals surface area contributed by atoms with Gasteiger partial charge < -0.3 is 30.6 Å². The SMILES string of the molecule is CCO.Cc1ncc(CN2CS[C@@H](CCOP(=O)(O)OP(=O)(O)O)C2C)c(N)n1.O=CO. The van der Waals surface area contributed by atoms with Crippen molar-refractivity contribution in [2.75, 3.05) is 24.8 Å². The zero-order valence-electron chi connectivity index (χ0n) is 17.8. The molecule has 1 saturated heterocycles. The molecule has 0 amide bonds. The monoisotopic (exact) mass is 520 g/mol. The molecule has 0 aromatic carbocycles. The van der Waals surface area contributed by atoms with Crippen LogP contribution in [0.25, 0.3) is 0 Å². The van der Waals surface area contributed by atoms with Crippen LogP contribution in [0, 0.1) is 6.92 Å². The van der Waals surface area contributed by atoms with Crippen LogP contribution < -0.4 is 5.73 Å². The first-order valence-electron chi connectivity index (χ1n) is 9.16. The molecule has 32 heavy (non-hydrogen) atoms. The second-order valence-corrected chi connectivity index (χ2v) is 10.3. The highest BCUT2D eigenvalue weighted by molar-refractivity contribution is 8.00. The van der Waals surface area contributed by atoms with Gasteiger partial charge in [0.1, 0.15) is 11.6 Å². The van der Waals surface area contributed by atoms with Gasteiger partial charge in [-0.05, 0) is 27.2 Å². The lowest BCUT2D eigenvalue weighted by Crippen LogP contribution is -2.32. The van der Waals surface area contributed by atoms with Crippen LogP contribution in [-0.4, -0.2) is 76.6 Å². The van der Waals surface area contributed by atoms with Gasteiger partial charge in [0, 0.05) is 42.1 Å². The molecule has 1 aliphatic rings. The predicted molar refractivity (Wildman–Crippen MR) is 117 cm³/mol. The summed E-state index contributed by atoms with van der Waals surface area (Å²) >= 11 is 1.65. The zero-order valence-corrected chi connectivity index (χ0v) is 20.4. The van der Waals surface area contributed by atoms with E-state index >= 15 is 0 Å². The summed E-state index contributed by atoms with van der Waals surface area (Å²) in [6.45, 7) is 5.87. The number of hydrogen-bond donors (Lipinski definition) is 6. The molecular formula is C15H30N4O10P2S. The van der Waals surface area contributed by atoms with Crippen LogP contribution in [0.5, 0.6) is 0 Å². The van der Waals surface area contributed by atoms with E-state index in [-0.39, 0.29) is 31.0 Å². The number of aliphatic hydroxyl groups excluding tert-OH is 1. The fraction of sp³-hybridized carbons (Fsp3) is 0.667. The number of carbonyl (C=O) groups is 1. The smallest absolute Gasteiger partial charge is 0.481 e.